The molecule has 3 heteroatoms. The molecule has 0 fully saturated rings. The second kappa shape index (κ2) is 4.61. The fourth-order valence-electron chi connectivity index (χ4n) is 2.20. The molecular formula is C16H15N3. The Bertz CT molecular complexity index is 644. The molecule has 0 atom stereocenters. The maximum absolute atomic E-state index is 4.40. The van der Waals surface area contributed by atoms with Crippen LogP contribution in [0.15, 0.2) is 72.1 Å². The summed E-state index contributed by atoms with van der Waals surface area (Å²) in [5.74, 6) is 1.65. The first-order chi connectivity index (χ1) is 9.27. The molecule has 2 aromatic carbocycles. The molecule has 19 heavy (non-hydrogen) atoms. The highest BCUT2D eigenvalue weighted by Crippen LogP contribution is 2.25. The van der Waals surface area contributed by atoms with Crippen LogP contribution in [0.1, 0.15) is 11.1 Å². The van der Waals surface area contributed by atoms with E-state index in [4.69, 9.17) is 0 Å². The molecule has 0 unspecified atom stereocenters. The molecule has 3 nitrogen and oxygen atoms in total. The molecule has 1 aliphatic rings. The van der Waals surface area contributed by atoms with Gasteiger partial charge in [0.15, 0.2) is 5.84 Å². The molecule has 2 aromatic rings. The molecule has 0 aromatic heterocycles. The standard InChI is InChI=1S/C16H15N3/c1-12-8-6-7-11-15(12)16-18-17-13(2)19(16)14-9-4-3-5-10-14/h3-11,17H,2H2,1H3. The van der Waals surface area contributed by atoms with Crippen molar-refractivity contribution in [2.75, 3.05) is 4.90 Å². The van der Waals surface area contributed by atoms with Crippen molar-refractivity contribution in [3.05, 3.63) is 78.1 Å². The van der Waals surface area contributed by atoms with Gasteiger partial charge in [-0.1, -0.05) is 49.0 Å². The Morgan fingerprint density at radius 1 is 1.00 bits per heavy atom. The van der Waals surface area contributed by atoms with E-state index in [0.717, 1.165) is 22.9 Å². The third kappa shape index (κ3) is 1.99. The van der Waals surface area contributed by atoms with E-state index in [2.05, 4.69) is 36.2 Å². The normalized spacial score (nSPS) is 14.3. The summed E-state index contributed by atoms with van der Waals surface area (Å²) < 4.78 is 0. The van der Waals surface area contributed by atoms with Crippen LogP contribution in [0, 0.1) is 6.92 Å². The average molecular weight is 249 g/mol. The Hall–Kier alpha value is -2.55. The van der Waals surface area contributed by atoms with E-state index in [9.17, 15) is 0 Å². The largest absolute Gasteiger partial charge is 0.278 e. The predicted molar refractivity (Wildman–Crippen MR) is 78.9 cm³/mol. The van der Waals surface area contributed by atoms with Crippen LogP contribution >= 0.6 is 0 Å². The summed E-state index contributed by atoms with van der Waals surface area (Å²) in [6.45, 7) is 6.10. The number of hydrazone groups is 1. The van der Waals surface area contributed by atoms with Crippen molar-refractivity contribution in [2.24, 2.45) is 5.10 Å². The van der Waals surface area contributed by atoms with Crippen LogP contribution in [-0.2, 0) is 0 Å². The van der Waals surface area contributed by atoms with E-state index >= 15 is 0 Å². The van der Waals surface area contributed by atoms with Crippen molar-refractivity contribution in [3.8, 4) is 0 Å². The number of hydrogen-bond acceptors (Lipinski definition) is 3. The molecule has 0 bridgehead atoms. The Kier molecular flexibility index (Phi) is 2.80. The van der Waals surface area contributed by atoms with Crippen LogP contribution < -0.4 is 10.3 Å². The molecule has 0 radical (unpaired) electrons. The highest BCUT2D eigenvalue weighted by Gasteiger charge is 2.24. The van der Waals surface area contributed by atoms with Gasteiger partial charge in [-0.2, -0.15) is 5.10 Å². The number of benzene rings is 2. The van der Waals surface area contributed by atoms with Gasteiger partial charge < -0.3 is 0 Å². The third-order valence-corrected chi connectivity index (χ3v) is 3.17. The maximum atomic E-state index is 4.40. The lowest BCUT2D eigenvalue weighted by atomic mass is 10.1. The summed E-state index contributed by atoms with van der Waals surface area (Å²) in [4.78, 5) is 2.03. The van der Waals surface area contributed by atoms with Gasteiger partial charge in [0, 0.05) is 11.3 Å². The molecule has 0 aliphatic carbocycles. The lowest BCUT2D eigenvalue weighted by Gasteiger charge is -2.21. The van der Waals surface area contributed by atoms with Crippen LogP contribution in [0.4, 0.5) is 5.69 Å². The van der Waals surface area contributed by atoms with Crippen LogP contribution in [0.25, 0.3) is 0 Å². The first-order valence-corrected chi connectivity index (χ1v) is 6.21. The Balaban J connectivity index is 2.07. The zero-order valence-electron chi connectivity index (χ0n) is 10.8. The van der Waals surface area contributed by atoms with Gasteiger partial charge in [0.25, 0.3) is 0 Å². The molecule has 0 saturated heterocycles. The first kappa shape index (κ1) is 11.5. The van der Waals surface area contributed by atoms with Crippen molar-refractivity contribution in [1.29, 1.82) is 0 Å². The Morgan fingerprint density at radius 2 is 1.68 bits per heavy atom. The van der Waals surface area contributed by atoms with Crippen molar-refractivity contribution in [1.82, 2.24) is 5.43 Å². The number of aryl methyl sites for hydroxylation is 1. The highest BCUT2D eigenvalue weighted by molar-refractivity contribution is 6.13. The SMILES string of the molecule is C=C1NN=C(c2ccccc2C)N1c1ccccc1. The van der Waals surface area contributed by atoms with E-state index in [0.29, 0.717) is 0 Å². The summed E-state index contributed by atoms with van der Waals surface area (Å²) in [6, 6.07) is 18.3. The maximum Gasteiger partial charge on any atom is 0.166 e. The van der Waals surface area contributed by atoms with E-state index < -0.39 is 0 Å². The number of para-hydroxylation sites is 1. The molecule has 0 amide bonds. The minimum atomic E-state index is 0.768. The summed E-state index contributed by atoms with van der Waals surface area (Å²) in [6.07, 6.45) is 0. The van der Waals surface area contributed by atoms with Gasteiger partial charge in [0.05, 0.1) is 0 Å². The van der Waals surface area contributed by atoms with Gasteiger partial charge in [-0.25, -0.2) is 0 Å². The average Bonchev–Trinajstić information content (AvgIpc) is 2.82. The van der Waals surface area contributed by atoms with Crippen molar-refractivity contribution in [2.45, 2.75) is 6.92 Å². The molecule has 1 heterocycles. The van der Waals surface area contributed by atoms with E-state index in [1.54, 1.807) is 0 Å². The minimum absolute atomic E-state index is 0.768. The van der Waals surface area contributed by atoms with Crippen LogP contribution in [0.2, 0.25) is 0 Å². The Morgan fingerprint density at radius 3 is 2.42 bits per heavy atom. The molecular weight excluding hydrogens is 234 g/mol. The molecule has 0 spiro atoms. The van der Waals surface area contributed by atoms with Crippen molar-refractivity contribution >= 4 is 11.5 Å². The van der Waals surface area contributed by atoms with E-state index in [1.807, 2.05) is 47.4 Å². The zero-order chi connectivity index (χ0) is 13.2. The first-order valence-electron chi connectivity index (χ1n) is 6.21. The van der Waals surface area contributed by atoms with Crippen molar-refractivity contribution < 1.29 is 0 Å². The van der Waals surface area contributed by atoms with Gasteiger partial charge in [0.2, 0.25) is 0 Å². The second-order valence-corrected chi connectivity index (χ2v) is 4.48. The third-order valence-electron chi connectivity index (χ3n) is 3.17. The quantitative estimate of drug-likeness (QED) is 0.884. The molecule has 3 rings (SSSR count). The van der Waals surface area contributed by atoms with Crippen LogP contribution in [-0.4, -0.2) is 5.84 Å². The topological polar surface area (TPSA) is 27.6 Å². The Labute approximate surface area is 112 Å². The van der Waals surface area contributed by atoms with E-state index in [1.165, 1.54) is 5.56 Å². The zero-order valence-corrected chi connectivity index (χ0v) is 10.8. The summed E-state index contributed by atoms with van der Waals surface area (Å²) in [7, 11) is 0. The lowest BCUT2D eigenvalue weighted by Crippen LogP contribution is -2.27. The van der Waals surface area contributed by atoms with Crippen LogP contribution in [0.3, 0.4) is 0 Å². The van der Waals surface area contributed by atoms with Crippen LogP contribution in [0.5, 0.6) is 0 Å². The number of nitrogens with one attached hydrogen (secondary N) is 1. The smallest absolute Gasteiger partial charge is 0.166 e. The minimum Gasteiger partial charge on any atom is -0.278 e. The fourth-order valence-corrected chi connectivity index (χ4v) is 2.20. The molecule has 0 saturated carbocycles. The summed E-state index contributed by atoms with van der Waals surface area (Å²) >= 11 is 0. The molecule has 1 aliphatic heterocycles. The number of hydrogen-bond donors (Lipinski definition) is 1. The molecule has 1 N–H and O–H groups in total. The highest BCUT2D eigenvalue weighted by atomic mass is 15.5. The van der Waals surface area contributed by atoms with Crippen molar-refractivity contribution in [3.63, 3.8) is 0 Å². The fraction of sp³-hybridized carbons (Fsp3) is 0.0625. The van der Waals surface area contributed by atoms with E-state index in [-0.39, 0.29) is 0 Å². The number of nitrogens with zero attached hydrogens (tertiary/aromatic N) is 2. The second-order valence-electron chi connectivity index (χ2n) is 4.48. The van der Waals surface area contributed by atoms with Gasteiger partial charge in [0.1, 0.15) is 5.82 Å². The number of anilines is 1. The predicted octanol–water partition coefficient (Wildman–Crippen LogP) is 3.24. The lowest BCUT2D eigenvalue weighted by molar-refractivity contribution is 0.926. The van der Waals surface area contributed by atoms with Gasteiger partial charge in [-0.05, 0) is 24.6 Å². The number of amidine groups is 1. The number of rotatable bonds is 2. The molecule has 94 valence electrons. The van der Waals surface area contributed by atoms with Gasteiger partial charge in [-0.3, -0.25) is 10.3 Å². The van der Waals surface area contributed by atoms with Gasteiger partial charge in [-0.15, -0.1) is 0 Å². The van der Waals surface area contributed by atoms with Gasteiger partial charge >= 0.3 is 0 Å². The summed E-state index contributed by atoms with van der Waals surface area (Å²) in [5.41, 5.74) is 6.32. The summed E-state index contributed by atoms with van der Waals surface area (Å²) in [5, 5.41) is 4.40. The monoisotopic (exact) mass is 249 g/mol.